The first-order valence-electron chi connectivity index (χ1n) is 9.75. The lowest BCUT2D eigenvalue weighted by Gasteiger charge is -2.16. The summed E-state index contributed by atoms with van der Waals surface area (Å²) in [7, 11) is 0. The van der Waals surface area contributed by atoms with Crippen molar-refractivity contribution >= 4 is 17.3 Å². The molecule has 0 amide bonds. The van der Waals surface area contributed by atoms with Gasteiger partial charge in [0, 0.05) is 12.2 Å². The van der Waals surface area contributed by atoms with E-state index in [0.717, 1.165) is 23.2 Å². The Hall–Kier alpha value is -2.72. The molecular weight excluding hydrogens is 389 g/mol. The second-order valence-corrected chi connectivity index (χ2v) is 7.03. The molecule has 0 heterocycles. The van der Waals surface area contributed by atoms with E-state index >= 15 is 0 Å². The van der Waals surface area contributed by atoms with E-state index in [4.69, 9.17) is 21.1 Å². The molecule has 0 saturated heterocycles. The van der Waals surface area contributed by atoms with Gasteiger partial charge in [0.25, 0.3) is 0 Å². The lowest BCUT2D eigenvalue weighted by atomic mass is 10.1. The summed E-state index contributed by atoms with van der Waals surface area (Å²) >= 11 is 6.50. The predicted molar refractivity (Wildman–Crippen MR) is 116 cm³/mol. The van der Waals surface area contributed by atoms with Crippen molar-refractivity contribution in [2.75, 3.05) is 11.9 Å². The zero-order chi connectivity index (χ0) is 20.6. The van der Waals surface area contributed by atoms with Crippen LogP contribution in [0.2, 0.25) is 5.02 Å². The number of benzene rings is 3. The highest BCUT2D eigenvalue weighted by molar-refractivity contribution is 6.32. The van der Waals surface area contributed by atoms with Gasteiger partial charge in [-0.1, -0.05) is 48.9 Å². The zero-order valence-corrected chi connectivity index (χ0v) is 17.4. The fraction of sp³-hybridized carbons (Fsp3) is 0.250. The summed E-state index contributed by atoms with van der Waals surface area (Å²) in [5.74, 6) is 0.753. The summed E-state index contributed by atoms with van der Waals surface area (Å²) < 4.78 is 25.0. The molecule has 3 aromatic carbocycles. The topological polar surface area (TPSA) is 30.5 Å². The molecule has 0 aliphatic carbocycles. The van der Waals surface area contributed by atoms with E-state index in [1.807, 2.05) is 31.2 Å². The van der Waals surface area contributed by atoms with Crippen molar-refractivity contribution in [1.29, 1.82) is 0 Å². The van der Waals surface area contributed by atoms with Gasteiger partial charge in [-0.15, -0.1) is 0 Å². The zero-order valence-electron chi connectivity index (χ0n) is 16.7. The van der Waals surface area contributed by atoms with Crippen molar-refractivity contribution in [1.82, 2.24) is 0 Å². The van der Waals surface area contributed by atoms with Crippen LogP contribution in [-0.2, 0) is 19.6 Å². The fourth-order valence-electron chi connectivity index (χ4n) is 3.11. The minimum atomic E-state index is -0.295. The average Bonchev–Trinajstić information content (AvgIpc) is 2.72. The SMILES string of the molecule is CCOc1cc(CNc2ccccc2CC)cc(Cl)c1OCc1cccc(F)c1. The molecule has 0 radical (unpaired) electrons. The fourth-order valence-corrected chi connectivity index (χ4v) is 3.39. The molecule has 0 aromatic heterocycles. The van der Waals surface area contributed by atoms with Crippen molar-refractivity contribution in [3.05, 3.63) is 88.2 Å². The summed E-state index contributed by atoms with van der Waals surface area (Å²) in [6.45, 7) is 5.35. The van der Waals surface area contributed by atoms with Gasteiger partial charge >= 0.3 is 0 Å². The Kier molecular flexibility index (Phi) is 7.36. The van der Waals surface area contributed by atoms with Crippen LogP contribution in [0.1, 0.15) is 30.5 Å². The molecule has 0 aliphatic rings. The number of hydrogen-bond donors (Lipinski definition) is 1. The van der Waals surface area contributed by atoms with Crippen LogP contribution in [0.5, 0.6) is 11.5 Å². The van der Waals surface area contributed by atoms with Crippen LogP contribution in [0.4, 0.5) is 10.1 Å². The lowest BCUT2D eigenvalue weighted by Crippen LogP contribution is -2.05. The number of halogens is 2. The molecule has 0 aliphatic heterocycles. The summed E-state index contributed by atoms with van der Waals surface area (Å²) in [5.41, 5.74) is 4.09. The third-order valence-corrected chi connectivity index (χ3v) is 4.80. The van der Waals surface area contributed by atoms with Gasteiger partial charge in [-0.3, -0.25) is 0 Å². The van der Waals surface area contributed by atoms with E-state index in [-0.39, 0.29) is 12.4 Å². The Labute approximate surface area is 176 Å². The van der Waals surface area contributed by atoms with Crippen molar-refractivity contribution in [2.45, 2.75) is 33.4 Å². The number of hydrogen-bond acceptors (Lipinski definition) is 3. The Balaban J connectivity index is 1.76. The predicted octanol–water partition coefficient (Wildman–Crippen LogP) is 6.63. The largest absolute Gasteiger partial charge is 0.490 e. The normalized spacial score (nSPS) is 10.6. The van der Waals surface area contributed by atoms with Gasteiger partial charge in [0.15, 0.2) is 11.5 Å². The second kappa shape index (κ2) is 10.2. The van der Waals surface area contributed by atoms with Crippen LogP contribution in [0.25, 0.3) is 0 Å². The molecule has 3 nitrogen and oxygen atoms in total. The Morgan fingerprint density at radius 2 is 1.76 bits per heavy atom. The summed E-state index contributed by atoms with van der Waals surface area (Å²) in [6.07, 6.45) is 0.959. The van der Waals surface area contributed by atoms with Gasteiger partial charge in [-0.25, -0.2) is 4.39 Å². The first-order valence-corrected chi connectivity index (χ1v) is 10.1. The number of para-hydroxylation sites is 1. The van der Waals surface area contributed by atoms with Gasteiger partial charge in [0.2, 0.25) is 0 Å². The molecule has 3 rings (SSSR count). The molecule has 0 spiro atoms. The maximum Gasteiger partial charge on any atom is 0.180 e. The molecular formula is C24H25ClFNO2. The first-order chi connectivity index (χ1) is 14.1. The number of anilines is 1. The van der Waals surface area contributed by atoms with Crippen LogP contribution in [0.3, 0.4) is 0 Å². The molecule has 152 valence electrons. The first kappa shape index (κ1) is 21.0. The minimum Gasteiger partial charge on any atom is -0.490 e. The Morgan fingerprint density at radius 1 is 0.931 bits per heavy atom. The third kappa shape index (κ3) is 5.64. The maximum atomic E-state index is 13.4. The average molecular weight is 414 g/mol. The Morgan fingerprint density at radius 3 is 2.52 bits per heavy atom. The van der Waals surface area contributed by atoms with Crippen LogP contribution < -0.4 is 14.8 Å². The van der Waals surface area contributed by atoms with Crippen molar-refractivity contribution in [3.8, 4) is 11.5 Å². The lowest BCUT2D eigenvalue weighted by molar-refractivity contribution is 0.269. The number of ether oxygens (including phenoxy) is 2. The molecule has 29 heavy (non-hydrogen) atoms. The van der Waals surface area contributed by atoms with E-state index < -0.39 is 0 Å². The van der Waals surface area contributed by atoms with Crippen molar-refractivity contribution in [2.24, 2.45) is 0 Å². The number of nitrogens with one attached hydrogen (secondary N) is 1. The highest BCUT2D eigenvalue weighted by Crippen LogP contribution is 2.37. The molecule has 1 N–H and O–H groups in total. The van der Waals surface area contributed by atoms with Crippen LogP contribution in [0.15, 0.2) is 60.7 Å². The smallest absolute Gasteiger partial charge is 0.180 e. The molecule has 0 bridgehead atoms. The highest BCUT2D eigenvalue weighted by atomic mass is 35.5. The molecule has 5 heteroatoms. The van der Waals surface area contributed by atoms with Crippen LogP contribution in [-0.4, -0.2) is 6.61 Å². The van der Waals surface area contributed by atoms with Gasteiger partial charge < -0.3 is 14.8 Å². The second-order valence-electron chi connectivity index (χ2n) is 6.62. The molecule has 0 fully saturated rings. The van der Waals surface area contributed by atoms with Crippen molar-refractivity contribution in [3.63, 3.8) is 0 Å². The molecule has 0 saturated carbocycles. The summed E-state index contributed by atoms with van der Waals surface area (Å²) in [6, 6.07) is 18.3. The van der Waals surface area contributed by atoms with E-state index in [1.165, 1.54) is 17.7 Å². The van der Waals surface area contributed by atoms with E-state index in [9.17, 15) is 4.39 Å². The van der Waals surface area contributed by atoms with Crippen LogP contribution >= 0.6 is 11.6 Å². The summed E-state index contributed by atoms with van der Waals surface area (Å²) in [5, 5.41) is 3.93. The monoisotopic (exact) mass is 413 g/mol. The quantitative estimate of drug-likeness (QED) is 0.427. The maximum absolute atomic E-state index is 13.4. The van der Waals surface area contributed by atoms with Gasteiger partial charge in [-0.2, -0.15) is 0 Å². The van der Waals surface area contributed by atoms with Crippen molar-refractivity contribution < 1.29 is 13.9 Å². The number of aryl methyl sites for hydroxylation is 1. The summed E-state index contributed by atoms with van der Waals surface area (Å²) in [4.78, 5) is 0. The van der Waals surface area contributed by atoms with Gasteiger partial charge in [0.05, 0.1) is 11.6 Å². The highest BCUT2D eigenvalue weighted by Gasteiger charge is 2.13. The molecule has 0 atom stereocenters. The Bertz CT molecular complexity index is 961. The van der Waals surface area contributed by atoms with E-state index in [0.29, 0.717) is 29.7 Å². The van der Waals surface area contributed by atoms with Crippen LogP contribution in [0, 0.1) is 5.82 Å². The minimum absolute atomic E-state index is 0.207. The van der Waals surface area contributed by atoms with Gasteiger partial charge in [0.1, 0.15) is 12.4 Å². The third-order valence-electron chi connectivity index (χ3n) is 4.52. The van der Waals surface area contributed by atoms with E-state index in [1.54, 1.807) is 12.1 Å². The molecule has 3 aromatic rings. The molecule has 0 unspecified atom stereocenters. The van der Waals surface area contributed by atoms with Gasteiger partial charge in [-0.05, 0) is 60.4 Å². The van der Waals surface area contributed by atoms with E-state index in [2.05, 4.69) is 24.4 Å². The number of rotatable bonds is 9. The standard InChI is InChI=1S/C24H25ClFNO2/c1-3-19-9-5-6-11-22(19)27-15-18-13-21(25)24(23(14-18)28-4-2)29-16-17-8-7-10-20(26)12-17/h5-14,27H,3-4,15-16H2,1-2H3.